The lowest BCUT2D eigenvalue weighted by Gasteiger charge is -2.15. The van der Waals surface area contributed by atoms with Gasteiger partial charge in [0.05, 0.1) is 17.9 Å². The third-order valence-corrected chi connectivity index (χ3v) is 2.44. The van der Waals surface area contributed by atoms with Crippen LogP contribution in [0.3, 0.4) is 0 Å². The van der Waals surface area contributed by atoms with Crippen molar-refractivity contribution in [1.29, 1.82) is 0 Å². The molecule has 0 atom stereocenters. The minimum absolute atomic E-state index is 0.120. The molecule has 0 radical (unpaired) electrons. The second-order valence-corrected chi connectivity index (χ2v) is 3.97. The molecule has 0 heterocycles. The number of hydrogen-bond acceptors (Lipinski definition) is 4. The molecule has 0 fully saturated rings. The standard InChI is InChI=1S/C13H15F3N2O2/c1-4-20-12(19)9(2)17-18(3)11-7-5-10(6-8-11)13(14,15)16/h5-8H,4H2,1-3H3. The van der Waals surface area contributed by atoms with Crippen molar-refractivity contribution < 1.29 is 22.7 Å². The predicted octanol–water partition coefficient (Wildman–Crippen LogP) is 3.08. The van der Waals surface area contributed by atoms with Crippen LogP contribution in [0.25, 0.3) is 0 Å². The van der Waals surface area contributed by atoms with Gasteiger partial charge in [0.1, 0.15) is 5.71 Å². The first-order chi connectivity index (χ1) is 9.25. The number of nitrogens with zero attached hydrogens (tertiary/aromatic N) is 2. The Morgan fingerprint density at radius 2 is 1.85 bits per heavy atom. The number of ether oxygens (including phenoxy) is 1. The molecule has 0 spiro atoms. The Bertz CT molecular complexity index is 495. The van der Waals surface area contributed by atoms with E-state index in [2.05, 4.69) is 5.10 Å². The molecule has 0 N–H and O–H groups in total. The van der Waals surface area contributed by atoms with Gasteiger partial charge in [0.15, 0.2) is 0 Å². The van der Waals surface area contributed by atoms with Crippen LogP contribution in [0.4, 0.5) is 18.9 Å². The minimum atomic E-state index is -4.37. The molecule has 7 heteroatoms. The van der Waals surface area contributed by atoms with Gasteiger partial charge in [0.2, 0.25) is 0 Å². The maximum absolute atomic E-state index is 12.4. The first-order valence-electron chi connectivity index (χ1n) is 5.89. The fourth-order valence-corrected chi connectivity index (χ4v) is 1.43. The van der Waals surface area contributed by atoms with Crippen molar-refractivity contribution in [2.75, 3.05) is 18.7 Å². The molecule has 0 aromatic heterocycles. The quantitative estimate of drug-likeness (QED) is 0.486. The largest absolute Gasteiger partial charge is 0.461 e. The Labute approximate surface area is 114 Å². The zero-order valence-electron chi connectivity index (χ0n) is 11.4. The molecule has 1 aromatic carbocycles. The van der Waals surface area contributed by atoms with Gasteiger partial charge in [-0.05, 0) is 38.1 Å². The lowest BCUT2D eigenvalue weighted by Crippen LogP contribution is -2.20. The second kappa shape index (κ2) is 6.40. The summed E-state index contributed by atoms with van der Waals surface area (Å²) in [5.74, 6) is -0.564. The summed E-state index contributed by atoms with van der Waals surface area (Å²) >= 11 is 0. The molecule has 0 saturated heterocycles. The topological polar surface area (TPSA) is 41.9 Å². The highest BCUT2D eigenvalue weighted by Crippen LogP contribution is 2.30. The summed E-state index contributed by atoms with van der Waals surface area (Å²) in [5, 5.41) is 5.26. The Kier molecular flexibility index (Phi) is 5.12. The van der Waals surface area contributed by atoms with Crippen molar-refractivity contribution in [2.24, 2.45) is 5.10 Å². The van der Waals surface area contributed by atoms with Crippen LogP contribution in [-0.2, 0) is 15.7 Å². The zero-order chi connectivity index (χ0) is 15.3. The van der Waals surface area contributed by atoms with Crippen LogP contribution in [0.15, 0.2) is 29.4 Å². The molecule has 20 heavy (non-hydrogen) atoms. The van der Waals surface area contributed by atoms with E-state index in [0.29, 0.717) is 5.69 Å². The fraction of sp³-hybridized carbons (Fsp3) is 0.385. The van der Waals surface area contributed by atoms with Crippen molar-refractivity contribution >= 4 is 17.4 Å². The summed E-state index contributed by atoms with van der Waals surface area (Å²) in [6.45, 7) is 3.37. The van der Waals surface area contributed by atoms with Gasteiger partial charge >= 0.3 is 12.1 Å². The number of anilines is 1. The van der Waals surface area contributed by atoms with E-state index in [0.717, 1.165) is 12.1 Å². The van der Waals surface area contributed by atoms with Crippen LogP contribution in [0, 0.1) is 0 Å². The van der Waals surface area contributed by atoms with Crippen LogP contribution < -0.4 is 5.01 Å². The highest BCUT2D eigenvalue weighted by molar-refractivity contribution is 6.35. The van der Waals surface area contributed by atoms with E-state index in [9.17, 15) is 18.0 Å². The van der Waals surface area contributed by atoms with Crippen molar-refractivity contribution in [3.05, 3.63) is 29.8 Å². The number of hydrogen-bond donors (Lipinski definition) is 0. The summed E-state index contributed by atoms with van der Waals surface area (Å²) in [4.78, 5) is 11.4. The normalized spacial score (nSPS) is 12.2. The van der Waals surface area contributed by atoms with Gasteiger partial charge in [0, 0.05) is 7.05 Å². The molecule has 1 aromatic rings. The summed E-state index contributed by atoms with van der Waals surface area (Å²) < 4.78 is 42.0. The van der Waals surface area contributed by atoms with E-state index in [1.165, 1.54) is 31.1 Å². The summed E-state index contributed by atoms with van der Waals surface area (Å²) in [5.41, 5.74) is -0.184. The monoisotopic (exact) mass is 288 g/mol. The Balaban J connectivity index is 2.85. The Morgan fingerprint density at radius 3 is 2.30 bits per heavy atom. The first kappa shape index (κ1) is 16.0. The van der Waals surface area contributed by atoms with E-state index >= 15 is 0 Å². The SMILES string of the molecule is CCOC(=O)C(C)=NN(C)c1ccc(C(F)(F)F)cc1. The molecule has 0 saturated carbocycles. The average Bonchev–Trinajstić information content (AvgIpc) is 2.38. The molecule has 4 nitrogen and oxygen atoms in total. The summed E-state index contributed by atoms with van der Waals surface area (Å²) in [6, 6.07) is 4.48. The van der Waals surface area contributed by atoms with Gasteiger partial charge in [0.25, 0.3) is 0 Å². The number of halogens is 3. The van der Waals surface area contributed by atoms with Crippen molar-refractivity contribution in [2.45, 2.75) is 20.0 Å². The minimum Gasteiger partial charge on any atom is -0.461 e. The maximum Gasteiger partial charge on any atom is 0.416 e. The molecule has 0 aliphatic rings. The maximum atomic E-state index is 12.4. The van der Waals surface area contributed by atoms with E-state index < -0.39 is 17.7 Å². The highest BCUT2D eigenvalue weighted by Gasteiger charge is 2.30. The smallest absolute Gasteiger partial charge is 0.416 e. The number of benzene rings is 1. The first-order valence-corrected chi connectivity index (χ1v) is 5.89. The van der Waals surface area contributed by atoms with Gasteiger partial charge in [-0.25, -0.2) is 4.79 Å². The summed E-state index contributed by atoms with van der Waals surface area (Å²) in [6.07, 6.45) is -4.37. The van der Waals surface area contributed by atoms with Gasteiger partial charge < -0.3 is 4.74 Å². The Hall–Kier alpha value is -2.05. The lowest BCUT2D eigenvalue weighted by molar-refractivity contribution is -0.137. The number of esters is 1. The number of rotatable bonds is 4. The van der Waals surface area contributed by atoms with Crippen LogP contribution in [-0.4, -0.2) is 25.3 Å². The van der Waals surface area contributed by atoms with Crippen LogP contribution >= 0.6 is 0 Å². The average molecular weight is 288 g/mol. The molecule has 1 rings (SSSR count). The van der Waals surface area contributed by atoms with Crippen LogP contribution in [0.5, 0.6) is 0 Å². The van der Waals surface area contributed by atoms with Gasteiger partial charge in [-0.3, -0.25) is 5.01 Å². The third-order valence-electron chi connectivity index (χ3n) is 2.44. The number of hydrazone groups is 1. The number of carbonyl (C=O) groups is 1. The van der Waals surface area contributed by atoms with Crippen molar-refractivity contribution in [1.82, 2.24) is 0 Å². The lowest BCUT2D eigenvalue weighted by atomic mass is 10.2. The van der Waals surface area contributed by atoms with Crippen LogP contribution in [0.2, 0.25) is 0 Å². The molecule has 0 aliphatic heterocycles. The fourth-order valence-electron chi connectivity index (χ4n) is 1.43. The third kappa shape index (κ3) is 4.25. The van der Waals surface area contributed by atoms with Gasteiger partial charge in [-0.1, -0.05) is 0 Å². The molecule has 0 aliphatic carbocycles. The molecular weight excluding hydrogens is 273 g/mol. The van der Waals surface area contributed by atoms with E-state index in [-0.39, 0.29) is 12.3 Å². The van der Waals surface area contributed by atoms with E-state index in [1.807, 2.05) is 0 Å². The van der Waals surface area contributed by atoms with Crippen molar-refractivity contribution in [3.8, 4) is 0 Å². The second-order valence-electron chi connectivity index (χ2n) is 3.97. The molecule has 0 amide bonds. The molecule has 0 bridgehead atoms. The van der Waals surface area contributed by atoms with E-state index in [1.54, 1.807) is 6.92 Å². The Morgan fingerprint density at radius 1 is 1.30 bits per heavy atom. The van der Waals surface area contributed by atoms with Crippen LogP contribution in [0.1, 0.15) is 19.4 Å². The zero-order valence-corrected chi connectivity index (χ0v) is 11.4. The summed E-state index contributed by atoms with van der Waals surface area (Å²) in [7, 11) is 1.53. The van der Waals surface area contributed by atoms with Gasteiger partial charge in [-0.2, -0.15) is 18.3 Å². The van der Waals surface area contributed by atoms with Gasteiger partial charge in [-0.15, -0.1) is 0 Å². The number of carbonyl (C=O) groups excluding carboxylic acids is 1. The molecular formula is C13H15F3N2O2. The number of alkyl halides is 3. The van der Waals surface area contributed by atoms with Crippen molar-refractivity contribution in [3.63, 3.8) is 0 Å². The van der Waals surface area contributed by atoms with E-state index in [4.69, 9.17) is 4.74 Å². The molecule has 110 valence electrons. The predicted molar refractivity (Wildman–Crippen MR) is 69.6 cm³/mol. The highest BCUT2D eigenvalue weighted by atomic mass is 19.4. The molecule has 0 unspecified atom stereocenters.